The summed E-state index contributed by atoms with van der Waals surface area (Å²) in [5.41, 5.74) is -0.713. The maximum Gasteiger partial charge on any atom is 0.360 e. The van der Waals surface area contributed by atoms with Crippen molar-refractivity contribution in [3.05, 3.63) is 10.3 Å². The molecule has 0 fully saturated rings. The predicted octanol–water partition coefficient (Wildman–Crippen LogP) is 3.87. The summed E-state index contributed by atoms with van der Waals surface area (Å²) in [7, 11) is -3.16. The summed E-state index contributed by atoms with van der Waals surface area (Å²) < 4.78 is 22.7. The summed E-state index contributed by atoms with van der Waals surface area (Å²) in [6, 6.07) is 0. The van der Waals surface area contributed by atoms with Crippen molar-refractivity contribution < 1.29 is 13.6 Å². The summed E-state index contributed by atoms with van der Waals surface area (Å²) in [5.74, 6) is 0. The van der Waals surface area contributed by atoms with E-state index in [2.05, 4.69) is 15.9 Å². The Morgan fingerprint density at radius 1 is 1.64 bits per heavy atom. The van der Waals surface area contributed by atoms with E-state index in [1.54, 1.807) is 20.8 Å². The van der Waals surface area contributed by atoms with E-state index in [1.807, 2.05) is 0 Å². The van der Waals surface area contributed by atoms with E-state index in [4.69, 9.17) is 20.6 Å². The molecule has 1 rings (SSSR count). The second-order valence-corrected chi connectivity index (χ2v) is 6.33. The topological polar surface area (TPSA) is 35.5 Å². The Bertz CT molecular complexity index is 314. The SMILES string of the molecule is CCOP1(=O)OC(C)(C)C(Cl)=C1CBr. The Balaban J connectivity index is 3.11. The van der Waals surface area contributed by atoms with Crippen molar-refractivity contribution in [3.8, 4) is 0 Å². The zero-order valence-electron chi connectivity index (χ0n) is 8.34. The van der Waals surface area contributed by atoms with Gasteiger partial charge < -0.3 is 4.52 Å². The van der Waals surface area contributed by atoms with Crippen LogP contribution in [0.3, 0.4) is 0 Å². The molecule has 1 unspecified atom stereocenters. The van der Waals surface area contributed by atoms with Crippen LogP contribution in [0.15, 0.2) is 10.3 Å². The molecule has 0 saturated carbocycles. The number of alkyl halides is 1. The van der Waals surface area contributed by atoms with Gasteiger partial charge in [-0.1, -0.05) is 27.5 Å². The largest absolute Gasteiger partial charge is 0.360 e. The number of rotatable bonds is 3. The third-order valence-corrected chi connectivity index (χ3v) is 6.03. The summed E-state index contributed by atoms with van der Waals surface area (Å²) >= 11 is 9.30. The minimum absolute atomic E-state index is 0.341. The molecule has 0 saturated heterocycles. The monoisotopic (exact) mass is 302 g/mol. The zero-order chi connectivity index (χ0) is 11.0. The highest BCUT2D eigenvalue weighted by Gasteiger charge is 2.48. The van der Waals surface area contributed by atoms with Crippen LogP contribution in [-0.2, 0) is 13.6 Å². The second kappa shape index (κ2) is 4.26. The van der Waals surface area contributed by atoms with E-state index in [0.717, 1.165) is 0 Å². The number of allylic oxidation sites excluding steroid dienone is 1. The third kappa shape index (κ3) is 2.10. The fourth-order valence-corrected chi connectivity index (χ4v) is 5.11. The molecule has 0 aromatic heterocycles. The van der Waals surface area contributed by atoms with Crippen molar-refractivity contribution >= 4 is 35.1 Å². The lowest BCUT2D eigenvalue weighted by Gasteiger charge is -2.20. The molecular formula is C8H13BrClO3P. The zero-order valence-corrected chi connectivity index (χ0v) is 11.6. The molecule has 0 amide bonds. The summed E-state index contributed by atoms with van der Waals surface area (Å²) in [5, 5.41) is 1.42. The average Bonchev–Trinajstić information content (AvgIpc) is 2.19. The first-order valence-electron chi connectivity index (χ1n) is 4.28. The molecule has 6 heteroatoms. The molecule has 0 spiro atoms. The second-order valence-electron chi connectivity index (χ2n) is 3.41. The quantitative estimate of drug-likeness (QED) is 0.586. The molecule has 1 heterocycles. The molecule has 0 aromatic rings. The molecule has 3 nitrogen and oxygen atoms in total. The van der Waals surface area contributed by atoms with Gasteiger partial charge in [0.2, 0.25) is 0 Å². The standard InChI is InChI=1S/C8H13BrClO3P/c1-4-12-14(11)6(5-9)7(10)8(2,3)13-14/h4-5H2,1-3H3. The van der Waals surface area contributed by atoms with Gasteiger partial charge in [-0.05, 0) is 20.8 Å². The maximum absolute atomic E-state index is 12.2. The lowest BCUT2D eigenvalue weighted by molar-refractivity contribution is 0.133. The molecule has 0 radical (unpaired) electrons. The summed E-state index contributed by atoms with van der Waals surface area (Å²) in [6.45, 7) is 5.66. The highest BCUT2D eigenvalue weighted by Crippen LogP contribution is 2.67. The van der Waals surface area contributed by atoms with E-state index in [0.29, 0.717) is 22.3 Å². The van der Waals surface area contributed by atoms with Crippen LogP contribution in [0.5, 0.6) is 0 Å². The van der Waals surface area contributed by atoms with E-state index >= 15 is 0 Å². The smallest absolute Gasteiger partial charge is 0.306 e. The van der Waals surface area contributed by atoms with Gasteiger partial charge in [-0.3, -0.25) is 9.09 Å². The van der Waals surface area contributed by atoms with Crippen molar-refractivity contribution in [3.63, 3.8) is 0 Å². The van der Waals surface area contributed by atoms with Gasteiger partial charge in [-0.2, -0.15) is 0 Å². The van der Waals surface area contributed by atoms with Crippen LogP contribution in [0.25, 0.3) is 0 Å². The highest BCUT2D eigenvalue weighted by molar-refractivity contribution is 9.09. The average molecular weight is 304 g/mol. The van der Waals surface area contributed by atoms with E-state index in [1.165, 1.54) is 0 Å². The van der Waals surface area contributed by atoms with Crippen LogP contribution < -0.4 is 0 Å². The van der Waals surface area contributed by atoms with Crippen molar-refractivity contribution in [2.45, 2.75) is 26.4 Å². The molecule has 0 aromatic carbocycles. The van der Waals surface area contributed by atoms with Gasteiger partial charge in [-0.25, -0.2) is 0 Å². The van der Waals surface area contributed by atoms with Crippen LogP contribution in [0.1, 0.15) is 20.8 Å². The third-order valence-electron chi connectivity index (χ3n) is 1.89. The fraction of sp³-hybridized carbons (Fsp3) is 0.750. The summed E-state index contributed by atoms with van der Waals surface area (Å²) in [4.78, 5) is 0. The predicted molar refractivity (Wildman–Crippen MR) is 61.1 cm³/mol. The summed E-state index contributed by atoms with van der Waals surface area (Å²) in [6.07, 6.45) is 0. The van der Waals surface area contributed by atoms with Crippen molar-refractivity contribution in [1.29, 1.82) is 0 Å². The Morgan fingerprint density at radius 2 is 2.21 bits per heavy atom. The first-order chi connectivity index (χ1) is 6.37. The number of hydrogen-bond donors (Lipinski definition) is 0. The molecule has 1 aliphatic rings. The van der Waals surface area contributed by atoms with Gasteiger partial charge in [-0.15, -0.1) is 0 Å². The number of hydrogen-bond acceptors (Lipinski definition) is 3. The molecule has 0 bridgehead atoms. The maximum atomic E-state index is 12.2. The van der Waals surface area contributed by atoms with Crippen LogP contribution in [0, 0.1) is 0 Å². The molecular weight excluding hydrogens is 290 g/mol. The molecule has 1 aliphatic heterocycles. The van der Waals surface area contributed by atoms with Crippen LogP contribution >= 0.6 is 35.1 Å². The molecule has 82 valence electrons. The lowest BCUT2D eigenvalue weighted by Crippen LogP contribution is -2.18. The fourth-order valence-electron chi connectivity index (χ4n) is 1.27. The van der Waals surface area contributed by atoms with E-state index in [9.17, 15) is 4.57 Å². The van der Waals surface area contributed by atoms with Gasteiger partial charge in [0, 0.05) is 5.33 Å². The van der Waals surface area contributed by atoms with Crippen molar-refractivity contribution in [1.82, 2.24) is 0 Å². The van der Waals surface area contributed by atoms with Crippen molar-refractivity contribution in [2.24, 2.45) is 0 Å². The van der Waals surface area contributed by atoms with Gasteiger partial charge in [0.25, 0.3) is 0 Å². The Kier molecular flexibility index (Phi) is 3.88. The van der Waals surface area contributed by atoms with Crippen LogP contribution in [0.4, 0.5) is 0 Å². The number of halogens is 2. The Hall–Kier alpha value is 0.660. The minimum atomic E-state index is -3.16. The highest BCUT2D eigenvalue weighted by atomic mass is 79.9. The molecule has 1 atom stereocenters. The normalized spacial score (nSPS) is 31.2. The van der Waals surface area contributed by atoms with Crippen LogP contribution in [-0.4, -0.2) is 17.5 Å². The van der Waals surface area contributed by atoms with E-state index < -0.39 is 13.2 Å². The van der Waals surface area contributed by atoms with Gasteiger partial charge in [0.05, 0.1) is 17.0 Å². The first kappa shape index (κ1) is 12.7. The molecule has 0 N–H and O–H groups in total. The first-order valence-corrected chi connectivity index (χ1v) is 7.32. The molecule has 0 aliphatic carbocycles. The van der Waals surface area contributed by atoms with E-state index in [-0.39, 0.29) is 0 Å². The Morgan fingerprint density at radius 3 is 2.64 bits per heavy atom. The van der Waals surface area contributed by atoms with Crippen LogP contribution in [0.2, 0.25) is 0 Å². The Labute approximate surface area is 97.5 Å². The van der Waals surface area contributed by atoms with Gasteiger partial charge in [0.15, 0.2) is 0 Å². The van der Waals surface area contributed by atoms with Crippen molar-refractivity contribution in [2.75, 3.05) is 11.9 Å². The minimum Gasteiger partial charge on any atom is -0.306 e. The van der Waals surface area contributed by atoms with Gasteiger partial charge >= 0.3 is 7.60 Å². The molecule has 14 heavy (non-hydrogen) atoms. The van der Waals surface area contributed by atoms with Gasteiger partial charge in [0.1, 0.15) is 5.60 Å². The lowest BCUT2D eigenvalue weighted by atomic mass is 10.1.